The third-order valence-corrected chi connectivity index (χ3v) is 3.03. The third kappa shape index (κ3) is 7.09. The summed E-state index contributed by atoms with van der Waals surface area (Å²) in [6.07, 6.45) is 0. The minimum atomic E-state index is -1.70. The molecule has 0 aliphatic rings. The van der Waals surface area contributed by atoms with Crippen molar-refractivity contribution < 1.29 is 27.6 Å². The SMILES string of the molecule is CC(C)NC(=O)CN(C)CC(=O)NCC(=O)Nc1ccc(F)c(F)c1F. The molecule has 1 aromatic rings. The maximum atomic E-state index is 13.4. The van der Waals surface area contributed by atoms with Crippen LogP contribution in [0.4, 0.5) is 18.9 Å². The smallest absolute Gasteiger partial charge is 0.243 e. The Kier molecular flexibility index (Phi) is 8.04. The van der Waals surface area contributed by atoms with Crippen LogP contribution in [0.25, 0.3) is 0 Å². The van der Waals surface area contributed by atoms with E-state index < -0.39 is 41.5 Å². The number of benzene rings is 1. The number of halogens is 3. The van der Waals surface area contributed by atoms with Gasteiger partial charge in [-0.2, -0.15) is 0 Å². The molecule has 1 rings (SSSR count). The molecule has 0 aliphatic heterocycles. The molecule has 0 heterocycles. The summed E-state index contributed by atoms with van der Waals surface area (Å²) in [5.74, 6) is -6.21. The van der Waals surface area contributed by atoms with Crippen molar-refractivity contribution in [3.05, 3.63) is 29.6 Å². The van der Waals surface area contributed by atoms with Gasteiger partial charge in [0.25, 0.3) is 0 Å². The van der Waals surface area contributed by atoms with Gasteiger partial charge in [0.15, 0.2) is 17.5 Å². The molecule has 0 aromatic heterocycles. The van der Waals surface area contributed by atoms with E-state index in [1.54, 1.807) is 20.9 Å². The van der Waals surface area contributed by atoms with Crippen LogP contribution in [-0.4, -0.2) is 55.3 Å². The number of hydrogen-bond donors (Lipinski definition) is 3. The van der Waals surface area contributed by atoms with Crippen molar-refractivity contribution >= 4 is 23.4 Å². The van der Waals surface area contributed by atoms with E-state index in [4.69, 9.17) is 0 Å². The van der Waals surface area contributed by atoms with Gasteiger partial charge in [-0.1, -0.05) is 0 Å². The molecule has 10 heteroatoms. The summed E-state index contributed by atoms with van der Waals surface area (Å²) in [5.41, 5.74) is -0.536. The second kappa shape index (κ2) is 9.76. The van der Waals surface area contributed by atoms with Gasteiger partial charge < -0.3 is 16.0 Å². The summed E-state index contributed by atoms with van der Waals surface area (Å²) >= 11 is 0. The summed E-state index contributed by atoms with van der Waals surface area (Å²) in [7, 11) is 1.55. The Labute approximate surface area is 148 Å². The van der Waals surface area contributed by atoms with Gasteiger partial charge >= 0.3 is 0 Å². The van der Waals surface area contributed by atoms with Gasteiger partial charge in [0.1, 0.15) is 0 Å². The second-order valence-corrected chi connectivity index (χ2v) is 5.94. The molecule has 0 saturated carbocycles. The predicted molar refractivity (Wildman–Crippen MR) is 88.7 cm³/mol. The first-order valence-electron chi connectivity index (χ1n) is 7.78. The van der Waals surface area contributed by atoms with E-state index in [1.807, 2.05) is 5.32 Å². The summed E-state index contributed by atoms with van der Waals surface area (Å²) in [6, 6.07) is 1.52. The van der Waals surface area contributed by atoms with E-state index in [0.29, 0.717) is 6.07 Å². The van der Waals surface area contributed by atoms with Crippen molar-refractivity contribution in [2.45, 2.75) is 19.9 Å². The number of likely N-dealkylation sites (N-methyl/N-ethyl adjacent to an activating group) is 1. The van der Waals surface area contributed by atoms with Crippen LogP contribution in [0.1, 0.15) is 13.8 Å². The summed E-state index contributed by atoms with van der Waals surface area (Å²) in [4.78, 5) is 36.4. The highest BCUT2D eigenvalue weighted by Crippen LogP contribution is 2.19. The van der Waals surface area contributed by atoms with Crippen LogP contribution in [0.3, 0.4) is 0 Å². The lowest BCUT2D eigenvalue weighted by atomic mass is 10.2. The van der Waals surface area contributed by atoms with E-state index in [0.717, 1.165) is 6.07 Å². The molecular formula is C16H21F3N4O3. The molecule has 26 heavy (non-hydrogen) atoms. The largest absolute Gasteiger partial charge is 0.353 e. The van der Waals surface area contributed by atoms with Crippen LogP contribution >= 0.6 is 0 Å². The van der Waals surface area contributed by atoms with Gasteiger partial charge in [0.05, 0.1) is 25.3 Å². The number of rotatable bonds is 8. The Morgan fingerprint density at radius 3 is 2.23 bits per heavy atom. The molecule has 0 fully saturated rings. The molecule has 0 aliphatic carbocycles. The predicted octanol–water partition coefficient (Wildman–Crippen LogP) is 0.615. The van der Waals surface area contributed by atoms with Gasteiger partial charge in [0.2, 0.25) is 17.7 Å². The normalized spacial score (nSPS) is 10.8. The van der Waals surface area contributed by atoms with Gasteiger partial charge in [-0.05, 0) is 33.0 Å². The van der Waals surface area contributed by atoms with Crippen molar-refractivity contribution in [1.29, 1.82) is 0 Å². The van der Waals surface area contributed by atoms with Crippen molar-refractivity contribution in [2.75, 3.05) is 32.0 Å². The maximum Gasteiger partial charge on any atom is 0.243 e. The molecule has 3 N–H and O–H groups in total. The van der Waals surface area contributed by atoms with Crippen molar-refractivity contribution in [3.8, 4) is 0 Å². The molecule has 1 aromatic carbocycles. The fraction of sp³-hybridized carbons (Fsp3) is 0.438. The highest BCUT2D eigenvalue weighted by atomic mass is 19.2. The first kappa shape index (κ1) is 21.4. The lowest BCUT2D eigenvalue weighted by Gasteiger charge is -2.17. The molecule has 0 spiro atoms. The molecular weight excluding hydrogens is 353 g/mol. The fourth-order valence-electron chi connectivity index (χ4n) is 1.97. The van der Waals surface area contributed by atoms with Crippen molar-refractivity contribution in [2.24, 2.45) is 0 Å². The van der Waals surface area contributed by atoms with Crippen LogP contribution in [-0.2, 0) is 14.4 Å². The zero-order valence-electron chi connectivity index (χ0n) is 14.7. The Morgan fingerprint density at radius 2 is 1.62 bits per heavy atom. The minimum absolute atomic E-state index is 0.00212. The Balaban J connectivity index is 2.41. The lowest BCUT2D eigenvalue weighted by Crippen LogP contribution is -2.43. The van der Waals surface area contributed by atoms with Crippen LogP contribution in [0.15, 0.2) is 12.1 Å². The molecule has 7 nitrogen and oxygen atoms in total. The molecule has 3 amide bonds. The average Bonchev–Trinajstić information content (AvgIpc) is 2.52. The number of nitrogens with zero attached hydrogens (tertiary/aromatic N) is 1. The molecule has 0 saturated heterocycles. The Hall–Kier alpha value is -2.62. The maximum absolute atomic E-state index is 13.4. The van der Waals surface area contributed by atoms with Crippen LogP contribution in [0.2, 0.25) is 0 Å². The quantitative estimate of drug-likeness (QED) is 0.582. The van der Waals surface area contributed by atoms with E-state index in [-0.39, 0.29) is 25.0 Å². The number of anilines is 1. The van der Waals surface area contributed by atoms with Crippen LogP contribution in [0, 0.1) is 17.5 Å². The first-order valence-corrected chi connectivity index (χ1v) is 7.78. The fourth-order valence-corrected chi connectivity index (χ4v) is 1.97. The molecule has 0 unspecified atom stereocenters. The monoisotopic (exact) mass is 374 g/mol. The van der Waals surface area contributed by atoms with Gasteiger partial charge in [-0.3, -0.25) is 19.3 Å². The van der Waals surface area contributed by atoms with Gasteiger partial charge in [0, 0.05) is 6.04 Å². The summed E-state index contributed by atoms with van der Waals surface area (Å²) < 4.78 is 39.3. The minimum Gasteiger partial charge on any atom is -0.353 e. The van der Waals surface area contributed by atoms with Crippen LogP contribution < -0.4 is 16.0 Å². The second-order valence-electron chi connectivity index (χ2n) is 5.94. The van der Waals surface area contributed by atoms with Gasteiger partial charge in [-0.25, -0.2) is 13.2 Å². The van der Waals surface area contributed by atoms with Crippen molar-refractivity contribution in [3.63, 3.8) is 0 Å². The highest BCUT2D eigenvalue weighted by Gasteiger charge is 2.16. The highest BCUT2D eigenvalue weighted by molar-refractivity contribution is 5.94. The number of amides is 3. The van der Waals surface area contributed by atoms with E-state index in [2.05, 4.69) is 10.6 Å². The number of nitrogens with one attached hydrogen (secondary N) is 3. The van der Waals surface area contributed by atoms with Crippen molar-refractivity contribution in [1.82, 2.24) is 15.5 Å². The summed E-state index contributed by atoms with van der Waals surface area (Å²) in [5, 5.41) is 6.98. The topological polar surface area (TPSA) is 90.5 Å². The number of carbonyl (C=O) groups excluding carboxylic acids is 3. The van der Waals surface area contributed by atoms with Crippen LogP contribution in [0.5, 0.6) is 0 Å². The van der Waals surface area contributed by atoms with E-state index in [1.165, 1.54) is 4.90 Å². The first-order chi connectivity index (χ1) is 12.1. The number of hydrogen-bond acceptors (Lipinski definition) is 4. The molecule has 0 bridgehead atoms. The van der Waals surface area contributed by atoms with Gasteiger partial charge in [-0.15, -0.1) is 0 Å². The summed E-state index contributed by atoms with van der Waals surface area (Å²) in [6.45, 7) is 2.97. The van der Waals surface area contributed by atoms with E-state index >= 15 is 0 Å². The Morgan fingerprint density at radius 1 is 1.00 bits per heavy atom. The zero-order chi connectivity index (χ0) is 19.9. The lowest BCUT2D eigenvalue weighted by molar-refractivity contribution is -0.126. The molecule has 144 valence electrons. The standard InChI is InChI=1S/C16H21F3N4O3/c1-9(2)21-14(26)8-23(3)7-13(25)20-6-12(24)22-11-5-4-10(17)15(18)16(11)19/h4-5,9H,6-8H2,1-3H3,(H,20,25)(H,21,26)(H,22,24). The average molecular weight is 374 g/mol. The Bertz CT molecular complexity index is 683. The number of carbonyl (C=O) groups is 3. The zero-order valence-corrected chi connectivity index (χ0v) is 14.7. The molecule has 0 atom stereocenters. The van der Waals surface area contributed by atoms with E-state index in [9.17, 15) is 27.6 Å². The third-order valence-electron chi connectivity index (χ3n) is 3.03. The molecule has 0 radical (unpaired) electrons.